The smallest absolute Gasteiger partial charge is 0.224 e. The molecule has 2 rings (SSSR count). The average molecular weight is 343 g/mol. The fourth-order valence-corrected chi connectivity index (χ4v) is 3.23. The van der Waals surface area contributed by atoms with Gasteiger partial charge in [0.25, 0.3) is 0 Å². The van der Waals surface area contributed by atoms with Crippen molar-refractivity contribution >= 4 is 18.3 Å². The van der Waals surface area contributed by atoms with E-state index in [0.717, 1.165) is 31.2 Å². The molecule has 1 aromatic carbocycles. The Morgan fingerprint density at radius 2 is 2.13 bits per heavy atom. The summed E-state index contributed by atoms with van der Waals surface area (Å²) in [4.78, 5) is 12.5. The number of hydrogen-bond donors (Lipinski definition) is 2. The number of halogens is 2. The number of nitrogens with one attached hydrogen (secondary N) is 1. The molecule has 1 saturated carbocycles. The van der Waals surface area contributed by atoms with Gasteiger partial charge in [-0.15, -0.1) is 12.4 Å². The Morgan fingerprint density at radius 3 is 2.74 bits per heavy atom. The minimum absolute atomic E-state index is 0. The van der Waals surface area contributed by atoms with Crippen LogP contribution in [0.15, 0.2) is 24.3 Å². The third kappa shape index (κ3) is 4.92. The Hall–Kier alpha value is -1.13. The van der Waals surface area contributed by atoms with E-state index in [1.807, 2.05) is 26.8 Å². The molecule has 1 aliphatic rings. The lowest BCUT2D eigenvalue weighted by Gasteiger charge is -2.38. The lowest BCUT2D eigenvalue weighted by atomic mass is 9.74. The molecule has 23 heavy (non-hydrogen) atoms. The first-order chi connectivity index (χ1) is 10.2. The third-order valence-corrected chi connectivity index (χ3v) is 4.88. The summed E-state index contributed by atoms with van der Waals surface area (Å²) in [5.41, 5.74) is 6.42. The number of benzene rings is 1. The van der Waals surface area contributed by atoms with Crippen molar-refractivity contribution in [2.24, 2.45) is 11.7 Å². The molecule has 0 heterocycles. The molecular formula is C18H28ClFN2O. The molecule has 2 unspecified atom stereocenters. The summed E-state index contributed by atoms with van der Waals surface area (Å²) >= 11 is 0. The second-order valence-electron chi connectivity index (χ2n) is 7.42. The van der Waals surface area contributed by atoms with E-state index in [4.69, 9.17) is 5.73 Å². The summed E-state index contributed by atoms with van der Waals surface area (Å²) in [6.45, 7) is 6.45. The van der Waals surface area contributed by atoms with Crippen molar-refractivity contribution in [3.05, 3.63) is 35.6 Å². The molecule has 0 aromatic heterocycles. The molecule has 1 fully saturated rings. The van der Waals surface area contributed by atoms with Crippen molar-refractivity contribution in [2.45, 2.75) is 57.4 Å². The fourth-order valence-electron chi connectivity index (χ4n) is 3.23. The van der Waals surface area contributed by atoms with Gasteiger partial charge in [0.05, 0.1) is 5.92 Å². The standard InChI is InChI=1S/C18H27FN2O.ClH/c1-17(2,13-7-6-8-14(19)11-13)12-21-16(22)15-9-4-5-10-18(15,3)20;/h6-8,11,15H,4-5,9-10,12,20H2,1-3H3,(H,21,22);1H. The molecule has 0 aliphatic heterocycles. The van der Waals surface area contributed by atoms with Crippen molar-refractivity contribution < 1.29 is 9.18 Å². The average Bonchev–Trinajstić information content (AvgIpc) is 2.44. The van der Waals surface area contributed by atoms with Crippen molar-refractivity contribution in [2.75, 3.05) is 6.54 Å². The van der Waals surface area contributed by atoms with E-state index in [1.165, 1.54) is 12.1 Å². The maximum Gasteiger partial charge on any atom is 0.224 e. The lowest BCUT2D eigenvalue weighted by molar-refractivity contribution is -0.128. The van der Waals surface area contributed by atoms with Crippen LogP contribution in [0.2, 0.25) is 0 Å². The molecular weight excluding hydrogens is 315 g/mol. The summed E-state index contributed by atoms with van der Waals surface area (Å²) in [7, 11) is 0. The van der Waals surface area contributed by atoms with Crippen LogP contribution in [0.25, 0.3) is 0 Å². The van der Waals surface area contributed by atoms with E-state index < -0.39 is 5.54 Å². The molecule has 0 saturated heterocycles. The Balaban J connectivity index is 0.00000264. The van der Waals surface area contributed by atoms with Gasteiger partial charge >= 0.3 is 0 Å². The van der Waals surface area contributed by atoms with Crippen LogP contribution >= 0.6 is 12.4 Å². The van der Waals surface area contributed by atoms with E-state index in [9.17, 15) is 9.18 Å². The lowest BCUT2D eigenvalue weighted by Crippen LogP contribution is -2.54. The molecule has 5 heteroatoms. The molecule has 0 spiro atoms. The Bertz CT molecular complexity index is 546. The molecule has 2 atom stereocenters. The number of carbonyl (C=O) groups excluding carboxylic acids is 1. The summed E-state index contributed by atoms with van der Waals surface area (Å²) in [5, 5.41) is 3.02. The quantitative estimate of drug-likeness (QED) is 0.879. The van der Waals surface area contributed by atoms with Crippen molar-refractivity contribution in [3.8, 4) is 0 Å². The number of rotatable bonds is 4. The molecule has 1 aliphatic carbocycles. The van der Waals surface area contributed by atoms with Gasteiger partial charge in [-0.2, -0.15) is 0 Å². The number of nitrogens with two attached hydrogens (primary N) is 1. The predicted octanol–water partition coefficient (Wildman–Crippen LogP) is 3.55. The van der Waals surface area contributed by atoms with Crippen LogP contribution < -0.4 is 11.1 Å². The van der Waals surface area contributed by atoms with Crippen LogP contribution in [-0.4, -0.2) is 18.0 Å². The van der Waals surface area contributed by atoms with E-state index in [0.29, 0.717) is 6.54 Å². The van der Waals surface area contributed by atoms with Crippen LogP contribution in [0.3, 0.4) is 0 Å². The summed E-state index contributed by atoms with van der Waals surface area (Å²) in [6.07, 6.45) is 3.88. The highest BCUT2D eigenvalue weighted by molar-refractivity contribution is 5.85. The van der Waals surface area contributed by atoms with Crippen LogP contribution in [0.4, 0.5) is 4.39 Å². The van der Waals surface area contributed by atoms with Gasteiger partial charge < -0.3 is 11.1 Å². The first kappa shape index (κ1) is 19.9. The number of hydrogen-bond acceptors (Lipinski definition) is 2. The maximum absolute atomic E-state index is 13.4. The zero-order chi connectivity index (χ0) is 16.4. The molecule has 3 N–H and O–H groups in total. The molecule has 0 radical (unpaired) electrons. The van der Waals surface area contributed by atoms with Crippen LogP contribution in [0, 0.1) is 11.7 Å². The molecule has 130 valence electrons. The highest BCUT2D eigenvalue weighted by Crippen LogP contribution is 2.32. The minimum Gasteiger partial charge on any atom is -0.355 e. The van der Waals surface area contributed by atoms with Crippen LogP contribution in [-0.2, 0) is 10.2 Å². The van der Waals surface area contributed by atoms with Gasteiger partial charge in [-0.1, -0.05) is 38.8 Å². The van der Waals surface area contributed by atoms with Gasteiger partial charge in [0, 0.05) is 17.5 Å². The zero-order valence-corrected chi connectivity index (χ0v) is 15.0. The second-order valence-corrected chi connectivity index (χ2v) is 7.42. The van der Waals surface area contributed by atoms with Gasteiger partial charge in [-0.3, -0.25) is 4.79 Å². The van der Waals surface area contributed by atoms with E-state index in [-0.39, 0.29) is 35.5 Å². The Kier molecular flexibility index (Phi) is 6.60. The topological polar surface area (TPSA) is 55.1 Å². The fraction of sp³-hybridized carbons (Fsp3) is 0.611. The van der Waals surface area contributed by atoms with Crippen molar-refractivity contribution in [3.63, 3.8) is 0 Å². The first-order valence-corrected chi connectivity index (χ1v) is 8.05. The highest BCUT2D eigenvalue weighted by atomic mass is 35.5. The van der Waals surface area contributed by atoms with Gasteiger partial charge in [0.1, 0.15) is 5.82 Å². The second kappa shape index (κ2) is 7.63. The van der Waals surface area contributed by atoms with Gasteiger partial charge in [0.2, 0.25) is 5.91 Å². The maximum atomic E-state index is 13.4. The summed E-state index contributed by atoms with van der Waals surface area (Å²) < 4.78 is 13.4. The molecule has 3 nitrogen and oxygen atoms in total. The van der Waals surface area contributed by atoms with E-state index >= 15 is 0 Å². The Labute approximate surface area is 144 Å². The number of carbonyl (C=O) groups is 1. The van der Waals surface area contributed by atoms with Crippen LogP contribution in [0.5, 0.6) is 0 Å². The third-order valence-electron chi connectivity index (χ3n) is 4.88. The zero-order valence-electron chi connectivity index (χ0n) is 14.2. The van der Waals surface area contributed by atoms with Gasteiger partial charge in [-0.25, -0.2) is 4.39 Å². The van der Waals surface area contributed by atoms with Gasteiger partial charge in [-0.05, 0) is 37.5 Å². The summed E-state index contributed by atoms with van der Waals surface area (Å²) in [6, 6.07) is 6.55. The van der Waals surface area contributed by atoms with Crippen LogP contribution in [0.1, 0.15) is 52.0 Å². The number of amides is 1. The molecule has 0 bridgehead atoms. The summed E-state index contributed by atoms with van der Waals surface area (Å²) in [5.74, 6) is -0.363. The SMILES string of the molecule is CC(C)(CNC(=O)C1CCCCC1(C)N)c1cccc(F)c1.Cl. The van der Waals surface area contributed by atoms with E-state index in [2.05, 4.69) is 5.32 Å². The van der Waals surface area contributed by atoms with E-state index in [1.54, 1.807) is 6.07 Å². The first-order valence-electron chi connectivity index (χ1n) is 8.05. The normalized spacial score (nSPS) is 24.7. The highest BCUT2D eigenvalue weighted by Gasteiger charge is 2.38. The largest absolute Gasteiger partial charge is 0.355 e. The molecule has 1 amide bonds. The van der Waals surface area contributed by atoms with Gasteiger partial charge in [0.15, 0.2) is 0 Å². The monoisotopic (exact) mass is 342 g/mol. The van der Waals surface area contributed by atoms with Crippen molar-refractivity contribution in [1.29, 1.82) is 0 Å². The van der Waals surface area contributed by atoms with Crippen molar-refractivity contribution in [1.82, 2.24) is 5.32 Å². The minimum atomic E-state index is -0.425. The predicted molar refractivity (Wildman–Crippen MR) is 94.2 cm³/mol. The molecule has 1 aromatic rings. The Morgan fingerprint density at radius 1 is 1.43 bits per heavy atom.